The van der Waals surface area contributed by atoms with E-state index in [-0.39, 0.29) is 17.2 Å². The molecule has 0 aromatic rings. The third-order valence-corrected chi connectivity index (χ3v) is 3.94. The maximum absolute atomic E-state index is 13.8. The van der Waals surface area contributed by atoms with Crippen molar-refractivity contribution in [2.24, 2.45) is 11.3 Å². The second kappa shape index (κ2) is 7.78. The molecule has 0 fully saturated rings. The van der Waals surface area contributed by atoms with Crippen molar-refractivity contribution in [3.05, 3.63) is 59.5 Å². The minimum absolute atomic E-state index is 0.178. The van der Waals surface area contributed by atoms with E-state index in [1.54, 1.807) is 25.2 Å². The van der Waals surface area contributed by atoms with E-state index in [4.69, 9.17) is 5.26 Å². The number of rotatable bonds is 4. The van der Waals surface area contributed by atoms with Gasteiger partial charge in [0.25, 0.3) is 0 Å². The Morgan fingerprint density at radius 3 is 2.76 bits per heavy atom. The fourth-order valence-electron chi connectivity index (χ4n) is 2.67. The summed E-state index contributed by atoms with van der Waals surface area (Å²) in [6.07, 6.45) is 14.2. The molecule has 0 amide bonds. The molecule has 1 nitrogen and oxygen atoms in total. The zero-order valence-corrected chi connectivity index (χ0v) is 13.4. The first-order valence-electron chi connectivity index (χ1n) is 7.32. The summed E-state index contributed by atoms with van der Waals surface area (Å²) in [5.74, 6) is 0.0137. The molecule has 0 aliphatic heterocycles. The highest BCUT2D eigenvalue weighted by Gasteiger charge is 2.30. The van der Waals surface area contributed by atoms with E-state index >= 15 is 0 Å². The molecule has 0 spiro atoms. The fourth-order valence-corrected chi connectivity index (χ4v) is 2.67. The standard InChI is InChI=1S/C19H24FN/c1-15(12-14-21)7-5-9-17(20)10-11-18-16(2)8-6-13-19(18,3)4/h5,7-12,18H,6,13H2,1-4H3/b7-5+,11-10+,15-12+,17-9+. The Kier molecular flexibility index (Phi) is 6.37. The molecule has 1 aliphatic carbocycles. The van der Waals surface area contributed by atoms with E-state index in [9.17, 15) is 4.39 Å². The summed E-state index contributed by atoms with van der Waals surface area (Å²) in [7, 11) is 0. The fraction of sp³-hybridized carbons (Fsp3) is 0.421. The van der Waals surface area contributed by atoms with Crippen LogP contribution in [0, 0.1) is 22.7 Å². The van der Waals surface area contributed by atoms with E-state index < -0.39 is 0 Å². The summed E-state index contributed by atoms with van der Waals surface area (Å²) in [5.41, 5.74) is 2.30. The lowest BCUT2D eigenvalue weighted by molar-refractivity contribution is 0.255. The first-order chi connectivity index (χ1) is 9.86. The Balaban J connectivity index is 2.75. The van der Waals surface area contributed by atoms with E-state index in [1.165, 1.54) is 17.7 Å². The topological polar surface area (TPSA) is 23.8 Å². The molecule has 2 heteroatoms. The van der Waals surface area contributed by atoms with Gasteiger partial charge in [-0.25, -0.2) is 4.39 Å². The van der Waals surface area contributed by atoms with Crippen LogP contribution in [0.3, 0.4) is 0 Å². The molecule has 1 aliphatic rings. The van der Waals surface area contributed by atoms with Gasteiger partial charge in [0, 0.05) is 12.0 Å². The number of hydrogen-bond acceptors (Lipinski definition) is 1. The minimum Gasteiger partial charge on any atom is -0.207 e. The molecule has 1 rings (SSSR count). The van der Waals surface area contributed by atoms with Crippen LogP contribution in [-0.2, 0) is 0 Å². The molecule has 0 N–H and O–H groups in total. The van der Waals surface area contributed by atoms with Crippen LogP contribution in [0.25, 0.3) is 0 Å². The lowest BCUT2D eigenvalue weighted by atomic mass is 9.68. The van der Waals surface area contributed by atoms with Crippen LogP contribution in [0.5, 0.6) is 0 Å². The van der Waals surface area contributed by atoms with Gasteiger partial charge >= 0.3 is 0 Å². The Morgan fingerprint density at radius 1 is 1.43 bits per heavy atom. The number of nitrogens with zero attached hydrogens (tertiary/aromatic N) is 1. The highest BCUT2D eigenvalue weighted by atomic mass is 19.1. The van der Waals surface area contributed by atoms with E-state index in [0.717, 1.165) is 18.4 Å². The van der Waals surface area contributed by atoms with Crippen molar-refractivity contribution in [2.45, 2.75) is 40.5 Å². The van der Waals surface area contributed by atoms with Crippen molar-refractivity contribution >= 4 is 0 Å². The molecular weight excluding hydrogens is 261 g/mol. The lowest BCUT2D eigenvalue weighted by Gasteiger charge is -2.36. The molecule has 0 heterocycles. The second-order valence-corrected chi connectivity index (χ2v) is 6.24. The SMILES string of the molecule is CC1=CCCC(C)(C)C1/C=C/C(F)=C\C=C\C(C)=C\C#N. The van der Waals surface area contributed by atoms with E-state index in [1.807, 2.05) is 12.1 Å². The van der Waals surface area contributed by atoms with Crippen molar-refractivity contribution in [3.63, 3.8) is 0 Å². The van der Waals surface area contributed by atoms with Gasteiger partial charge in [-0.2, -0.15) is 5.26 Å². The Morgan fingerprint density at radius 2 is 2.14 bits per heavy atom. The molecule has 0 bridgehead atoms. The summed E-state index contributed by atoms with van der Waals surface area (Å²) in [5, 5.41) is 8.48. The second-order valence-electron chi connectivity index (χ2n) is 6.24. The number of hydrogen-bond donors (Lipinski definition) is 0. The molecule has 0 saturated heterocycles. The Labute approximate surface area is 127 Å². The first-order valence-corrected chi connectivity index (χ1v) is 7.32. The minimum atomic E-state index is -0.273. The average Bonchev–Trinajstić information content (AvgIpc) is 2.37. The van der Waals surface area contributed by atoms with Gasteiger partial charge in [-0.3, -0.25) is 0 Å². The van der Waals surface area contributed by atoms with Crippen molar-refractivity contribution in [1.29, 1.82) is 5.26 Å². The maximum Gasteiger partial charge on any atom is 0.122 e. The van der Waals surface area contributed by atoms with Gasteiger partial charge in [0.2, 0.25) is 0 Å². The van der Waals surface area contributed by atoms with Crippen molar-refractivity contribution in [2.75, 3.05) is 0 Å². The van der Waals surface area contributed by atoms with Crippen LogP contribution in [0.4, 0.5) is 4.39 Å². The highest BCUT2D eigenvalue weighted by Crippen LogP contribution is 2.41. The molecule has 0 aromatic heterocycles. The van der Waals surface area contributed by atoms with E-state index in [0.29, 0.717) is 0 Å². The normalized spacial score (nSPS) is 23.4. The molecule has 112 valence electrons. The highest BCUT2D eigenvalue weighted by molar-refractivity contribution is 5.28. The van der Waals surface area contributed by atoms with Crippen molar-refractivity contribution in [1.82, 2.24) is 0 Å². The third-order valence-electron chi connectivity index (χ3n) is 3.94. The molecular formula is C19H24FN. The molecule has 0 aromatic carbocycles. The van der Waals surface area contributed by atoms with Crippen molar-refractivity contribution < 1.29 is 4.39 Å². The molecule has 21 heavy (non-hydrogen) atoms. The summed E-state index contributed by atoms with van der Waals surface area (Å²) in [6.45, 7) is 8.39. The third kappa shape index (κ3) is 5.55. The van der Waals surface area contributed by atoms with Gasteiger partial charge in [-0.05, 0) is 49.8 Å². The number of nitriles is 1. The molecule has 1 unspecified atom stereocenters. The van der Waals surface area contributed by atoms with Crippen LogP contribution in [0.2, 0.25) is 0 Å². The molecule has 1 atom stereocenters. The Bertz CT molecular complexity index is 551. The summed E-state index contributed by atoms with van der Waals surface area (Å²) in [6, 6.07) is 1.94. The largest absolute Gasteiger partial charge is 0.207 e. The van der Waals surface area contributed by atoms with Gasteiger partial charge in [0.15, 0.2) is 0 Å². The van der Waals surface area contributed by atoms with Crippen LogP contribution in [0.15, 0.2) is 59.5 Å². The molecule has 0 saturated carbocycles. The predicted molar refractivity (Wildman–Crippen MR) is 87.1 cm³/mol. The van der Waals surface area contributed by atoms with Crippen molar-refractivity contribution in [3.8, 4) is 6.07 Å². The number of allylic oxidation sites excluding steroid dienone is 10. The summed E-state index contributed by atoms with van der Waals surface area (Å²) in [4.78, 5) is 0. The van der Waals surface area contributed by atoms with Gasteiger partial charge in [-0.1, -0.05) is 43.7 Å². The quantitative estimate of drug-likeness (QED) is 0.363. The van der Waals surface area contributed by atoms with Gasteiger partial charge < -0.3 is 0 Å². The predicted octanol–water partition coefficient (Wildman–Crippen LogP) is 5.80. The van der Waals surface area contributed by atoms with Crippen LogP contribution in [-0.4, -0.2) is 0 Å². The monoisotopic (exact) mass is 285 g/mol. The smallest absolute Gasteiger partial charge is 0.122 e. The number of halogens is 1. The van der Waals surface area contributed by atoms with Crippen LogP contribution in [0.1, 0.15) is 40.5 Å². The lowest BCUT2D eigenvalue weighted by Crippen LogP contribution is -2.26. The first kappa shape index (κ1) is 17.2. The van der Waals surface area contributed by atoms with Crippen LogP contribution < -0.4 is 0 Å². The molecule has 0 radical (unpaired) electrons. The Hall–Kier alpha value is -1.88. The van der Waals surface area contributed by atoms with Gasteiger partial charge in [-0.15, -0.1) is 0 Å². The summed E-state index contributed by atoms with van der Waals surface area (Å²) >= 11 is 0. The van der Waals surface area contributed by atoms with E-state index in [2.05, 4.69) is 26.8 Å². The zero-order chi connectivity index (χ0) is 15.9. The van der Waals surface area contributed by atoms with Gasteiger partial charge in [0.1, 0.15) is 5.83 Å². The average molecular weight is 285 g/mol. The van der Waals surface area contributed by atoms with Gasteiger partial charge in [0.05, 0.1) is 6.07 Å². The summed E-state index contributed by atoms with van der Waals surface area (Å²) < 4.78 is 13.8. The van der Waals surface area contributed by atoms with Crippen LogP contribution >= 0.6 is 0 Å². The zero-order valence-electron chi connectivity index (χ0n) is 13.4. The maximum atomic E-state index is 13.8.